The van der Waals surface area contributed by atoms with Crippen molar-refractivity contribution in [1.29, 1.82) is 5.26 Å². The summed E-state index contributed by atoms with van der Waals surface area (Å²) in [4.78, 5) is 0. The molecule has 0 saturated carbocycles. The molecule has 104 valence electrons. The number of ether oxygens (including phenoxy) is 2. The smallest absolute Gasteiger partial charge is 0.104 e. The zero-order valence-corrected chi connectivity index (χ0v) is 11.7. The number of hydrogen-bond donors (Lipinski definition) is 1. The Labute approximate surface area is 111 Å². The van der Waals surface area contributed by atoms with E-state index in [1.807, 2.05) is 13.8 Å². The Kier molecular flexibility index (Phi) is 7.26. The van der Waals surface area contributed by atoms with Gasteiger partial charge in [0.25, 0.3) is 0 Å². The second-order valence-corrected chi connectivity index (χ2v) is 5.14. The largest absolute Gasteiger partial charge is 0.379 e. The topological polar surface area (TPSA) is 54.3 Å². The summed E-state index contributed by atoms with van der Waals surface area (Å²) in [5, 5.41) is 12.3. The molecule has 1 rings (SSSR count). The first kappa shape index (κ1) is 15.4. The first-order valence-electron chi connectivity index (χ1n) is 7.06. The van der Waals surface area contributed by atoms with E-state index in [-0.39, 0.29) is 6.10 Å². The van der Waals surface area contributed by atoms with Gasteiger partial charge in [0.15, 0.2) is 0 Å². The number of nitrogens with zero attached hydrogens (tertiary/aromatic N) is 1. The maximum absolute atomic E-state index is 9.10. The molecule has 18 heavy (non-hydrogen) atoms. The summed E-state index contributed by atoms with van der Waals surface area (Å²) in [6.07, 6.45) is 5.57. The van der Waals surface area contributed by atoms with Gasteiger partial charge < -0.3 is 9.47 Å². The standard InChI is InChI=1S/C14H26N2O2/c1-3-16-14(2,12-15)8-6-9-17-11-13-7-4-5-10-18-13/h13,16H,3-11H2,1-2H3. The third-order valence-corrected chi connectivity index (χ3v) is 3.36. The molecule has 0 aromatic carbocycles. The minimum atomic E-state index is -0.417. The van der Waals surface area contributed by atoms with Crippen LogP contribution in [0.5, 0.6) is 0 Å². The number of nitrogens with one attached hydrogen (secondary N) is 1. The summed E-state index contributed by atoms with van der Waals surface area (Å²) in [6, 6.07) is 2.33. The molecular weight excluding hydrogens is 228 g/mol. The average Bonchev–Trinajstić information content (AvgIpc) is 2.40. The van der Waals surface area contributed by atoms with Crippen molar-refractivity contribution in [2.24, 2.45) is 0 Å². The van der Waals surface area contributed by atoms with Crippen LogP contribution in [0.25, 0.3) is 0 Å². The van der Waals surface area contributed by atoms with Crippen LogP contribution in [-0.4, -0.2) is 38.0 Å². The van der Waals surface area contributed by atoms with Gasteiger partial charge in [-0.25, -0.2) is 0 Å². The predicted molar refractivity (Wildman–Crippen MR) is 71.3 cm³/mol. The van der Waals surface area contributed by atoms with Crippen LogP contribution in [0.4, 0.5) is 0 Å². The van der Waals surface area contributed by atoms with Crippen molar-refractivity contribution in [2.45, 2.75) is 57.6 Å². The minimum Gasteiger partial charge on any atom is -0.379 e. The summed E-state index contributed by atoms with van der Waals surface area (Å²) in [7, 11) is 0. The molecule has 2 atom stereocenters. The van der Waals surface area contributed by atoms with E-state index in [4.69, 9.17) is 14.7 Å². The molecule has 0 aliphatic carbocycles. The summed E-state index contributed by atoms with van der Waals surface area (Å²) < 4.78 is 11.2. The molecule has 1 aliphatic heterocycles. The third-order valence-electron chi connectivity index (χ3n) is 3.36. The Morgan fingerprint density at radius 3 is 2.94 bits per heavy atom. The van der Waals surface area contributed by atoms with Crippen molar-refractivity contribution in [1.82, 2.24) is 5.32 Å². The number of rotatable bonds is 8. The van der Waals surface area contributed by atoms with E-state index in [0.717, 1.165) is 32.4 Å². The van der Waals surface area contributed by atoms with Crippen LogP contribution < -0.4 is 5.32 Å². The van der Waals surface area contributed by atoms with Crippen molar-refractivity contribution in [3.63, 3.8) is 0 Å². The Morgan fingerprint density at radius 2 is 2.33 bits per heavy atom. The molecule has 4 nitrogen and oxygen atoms in total. The zero-order valence-electron chi connectivity index (χ0n) is 11.7. The summed E-state index contributed by atoms with van der Waals surface area (Å²) in [6.45, 7) is 7.07. The lowest BCUT2D eigenvalue weighted by atomic mass is 9.98. The van der Waals surface area contributed by atoms with E-state index in [2.05, 4.69) is 11.4 Å². The highest BCUT2D eigenvalue weighted by Gasteiger charge is 2.21. The first-order valence-corrected chi connectivity index (χ1v) is 7.06. The molecule has 1 N–H and O–H groups in total. The fraction of sp³-hybridized carbons (Fsp3) is 0.929. The minimum absolute atomic E-state index is 0.287. The quantitative estimate of drug-likeness (QED) is 0.675. The van der Waals surface area contributed by atoms with Crippen LogP contribution in [-0.2, 0) is 9.47 Å². The van der Waals surface area contributed by atoms with Crippen LogP contribution in [0.15, 0.2) is 0 Å². The highest BCUT2D eigenvalue weighted by Crippen LogP contribution is 2.14. The molecule has 0 amide bonds. The second kappa shape index (κ2) is 8.47. The Hall–Kier alpha value is -0.630. The van der Waals surface area contributed by atoms with E-state index >= 15 is 0 Å². The lowest BCUT2D eigenvalue weighted by Gasteiger charge is -2.24. The van der Waals surface area contributed by atoms with E-state index in [1.165, 1.54) is 12.8 Å². The molecule has 0 aromatic heterocycles. The molecule has 0 spiro atoms. The SMILES string of the molecule is CCNC(C)(C#N)CCCOCC1CCCCO1. The second-order valence-electron chi connectivity index (χ2n) is 5.14. The monoisotopic (exact) mass is 254 g/mol. The Morgan fingerprint density at radius 1 is 1.50 bits per heavy atom. The maximum Gasteiger partial charge on any atom is 0.104 e. The fourth-order valence-electron chi connectivity index (χ4n) is 2.26. The lowest BCUT2D eigenvalue weighted by Crippen LogP contribution is -2.40. The van der Waals surface area contributed by atoms with Crippen LogP contribution in [0.1, 0.15) is 46.0 Å². The van der Waals surface area contributed by atoms with Crippen LogP contribution in [0.2, 0.25) is 0 Å². The summed E-state index contributed by atoms with van der Waals surface area (Å²) in [5.74, 6) is 0. The molecule has 0 bridgehead atoms. The van der Waals surface area contributed by atoms with Gasteiger partial charge >= 0.3 is 0 Å². The zero-order chi connectivity index (χ0) is 13.3. The van der Waals surface area contributed by atoms with Crippen LogP contribution in [0.3, 0.4) is 0 Å². The number of nitriles is 1. The van der Waals surface area contributed by atoms with Gasteiger partial charge in [-0.15, -0.1) is 0 Å². The van der Waals surface area contributed by atoms with Gasteiger partial charge in [-0.05, 0) is 45.6 Å². The normalized spacial score (nSPS) is 23.3. The molecule has 2 unspecified atom stereocenters. The summed E-state index contributed by atoms with van der Waals surface area (Å²) in [5.41, 5.74) is -0.417. The number of hydrogen-bond acceptors (Lipinski definition) is 4. The third kappa shape index (κ3) is 5.81. The molecule has 1 saturated heterocycles. The summed E-state index contributed by atoms with van der Waals surface area (Å²) >= 11 is 0. The van der Waals surface area contributed by atoms with Crippen molar-refractivity contribution < 1.29 is 9.47 Å². The van der Waals surface area contributed by atoms with Gasteiger partial charge in [0.2, 0.25) is 0 Å². The van der Waals surface area contributed by atoms with E-state index in [1.54, 1.807) is 0 Å². The molecule has 0 radical (unpaired) electrons. The van der Waals surface area contributed by atoms with Crippen LogP contribution >= 0.6 is 0 Å². The maximum atomic E-state index is 9.10. The predicted octanol–water partition coefficient (Wildman–Crippen LogP) is 2.24. The van der Waals surface area contributed by atoms with Crippen molar-refractivity contribution >= 4 is 0 Å². The lowest BCUT2D eigenvalue weighted by molar-refractivity contribution is -0.0414. The van der Waals surface area contributed by atoms with Gasteiger partial charge in [0.05, 0.1) is 18.8 Å². The van der Waals surface area contributed by atoms with E-state index in [9.17, 15) is 0 Å². The molecule has 1 aliphatic rings. The molecule has 1 heterocycles. The van der Waals surface area contributed by atoms with Crippen molar-refractivity contribution in [2.75, 3.05) is 26.4 Å². The molecule has 1 fully saturated rings. The fourth-order valence-corrected chi connectivity index (χ4v) is 2.26. The Bertz CT molecular complexity index is 259. The Balaban J connectivity index is 2.05. The highest BCUT2D eigenvalue weighted by atomic mass is 16.5. The van der Waals surface area contributed by atoms with Gasteiger partial charge in [0, 0.05) is 13.2 Å². The van der Waals surface area contributed by atoms with Gasteiger partial charge in [-0.2, -0.15) is 5.26 Å². The van der Waals surface area contributed by atoms with Crippen molar-refractivity contribution in [3.05, 3.63) is 0 Å². The molecule has 0 aromatic rings. The van der Waals surface area contributed by atoms with Crippen LogP contribution in [0, 0.1) is 11.3 Å². The average molecular weight is 254 g/mol. The van der Waals surface area contributed by atoms with Gasteiger partial charge in [-0.3, -0.25) is 5.32 Å². The van der Waals surface area contributed by atoms with Crippen molar-refractivity contribution in [3.8, 4) is 6.07 Å². The van der Waals surface area contributed by atoms with E-state index < -0.39 is 5.54 Å². The first-order chi connectivity index (χ1) is 8.70. The highest BCUT2D eigenvalue weighted by molar-refractivity contribution is 5.03. The molecule has 4 heteroatoms. The molecular formula is C14H26N2O2. The van der Waals surface area contributed by atoms with Gasteiger partial charge in [-0.1, -0.05) is 6.92 Å². The van der Waals surface area contributed by atoms with Gasteiger partial charge in [0.1, 0.15) is 5.54 Å². The van der Waals surface area contributed by atoms with E-state index in [0.29, 0.717) is 13.2 Å².